The van der Waals surface area contributed by atoms with Gasteiger partial charge in [-0.05, 0) is 23.8 Å². The van der Waals surface area contributed by atoms with Crippen LogP contribution in [0.2, 0.25) is 10.0 Å². The highest BCUT2D eigenvalue weighted by Crippen LogP contribution is 2.32. The minimum atomic E-state index is -0.133. The highest BCUT2D eigenvalue weighted by Gasteiger charge is 2.27. The van der Waals surface area contributed by atoms with Gasteiger partial charge in [-0.2, -0.15) is 9.59 Å². The van der Waals surface area contributed by atoms with Crippen LogP contribution in [0.5, 0.6) is 0 Å². The van der Waals surface area contributed by atoms with E-state index in [1.807, 2.05) is 18.2 Å². The van der Waals surface area contributed by atoms with E-state index in [1.54, 1.807) is 29.0 Å². The van der Waals surface area contributed by atoms with Gasteiger partial charge in [-0.1, -0.05) is 35.3 Å². The zero-order valence-electron chi connectivity index (χ0n) is 13.9. The molecule has 1 aliphatic rings. The van der Waals surface area contributed by atoms with Crippen LogP contribution in [0.15, 0.2) is 47.4 Å². The molecule has 1 fully saturated rings. The standard InChI is InChI=1S/C17H18Cl2N2O2.CO2/c18-14-5-4-12(9-15(14)19)17-13(10-20-6-8-23-17)11-21-7-2-1-3-16(21)22;2-1-3/h1-5,7,9,13,17,20H,6,8,10-11H2;/t13-,17?;/m0./s1. The molecule has 1 aromatic heterocycles. The van der Waals surface area contributed by atoms with Crippen molar-refractivity contribution < 1.29 is 14.3 Å². The summed E-state index contributed by atoms with van der Waals surface area (Å²) in [5.74, 6) is 0.120. The Morgan fingerprint density at radius 1 is 1.19 bits per heavy atom. The van der Waals surface area contributed by atoms with E-state index in [0.29, 0.717) is 23.2 Å². The highest BCUT2D eigenvalue weighted by atomic mass is 35.5. The van der Waals surface area contributed by atoms with Crippen molar-refractivity contribution in [2.75, 3.05) is 19.7 Å². The van der Waals surface area contributed by atoms with Crippen LogP contribution < -0.4 is 10.9 Å². The van der Waals surface area contributed by atoms with Crippen LogP contribution in [0, 0.1) is 5.92 Å². The van der Waals surface area contributed by atoms with E-state index < -0.39 is 0 Å². The van der Waals surface area contributed by atoms with Crippen LogP contribution in [0.25, 0.3) is 0 Å². The minimum absolute atomic E-state index is 0.00960. The van der Waals surface area contributed by atoms with Gasteiger partial charge in [-0.3, -0.25) is 4.79 Å². The molecule has 2 heterocycles. The molecule has 1 saturated heterocycles. The quantitative estimate of drug-likeness (QED) is 0.862. The predicted molar refractivity (Wildman–Crippen MR) is 97.2 cm³/mol. The second kappa shape index (κ2) is 10.3. The smallest absolute Gasteiger partial charge is 0.372 e. The lowest BCUT2D eigenvalue weighted by molar-refractivity contribution is -0.191. The summed E-state index contributed by atoms with van der Waals surface area (Å²) in [6.07, 6.45) is 1.92. The molecule has 0 aliphatic carbocycles. The number of nitrogens with one attached hydrogen (secondary N) is 1. The van der Waals surface area contributed by atoms with Crippen LogP contribution in [-0.2, 0) is 20.9 Å². The van der Waals surface area contributed by atoms with Gasteiger partial charge in [0.05, 0.1) is 22.8 Å². The third-order valence-corrected chi connectivity index (χ3v) is 4.75. The average Bonchev–Trinajstić information content (AvgIpc) is 2.86. The molecular formula is C18H18Cl2N2O4. The number of hydrogen-bond donors (Lipinski definition) is 1. The van der Waals surface area contributed by atoms with Crippen LogP contribution in [-0.4, -0.2) is 30.4 Å². The normalized spacial score (nSPS) is 19.6. The maximum absolute atomic E-state index is 12.0. The Bertz CT molecular complexity index is 819. The van der Waals surface area contributed by atoms with E-state index in [9.17, 15) is 4.79 Å². The van der Waals surface area contributed by atoms with Crippen molar-refractivity contribution in [3.63, 3.8) is 0 Å². The molecule has 1 unspecified atom stereocenters. The molecule has 3 rings (SSSR count). The van der Waals surface area contributed by atoms with Gasteiger partial charge in [0.2, 0.25) is 0 Å². The number of nitrogens with zero attached hydrogens (tertiary/aromatic N) is 1. The van der Waals surface area contributed by atoms with Crippen LogP contribution in [0.1, 0.15) is 11.7 Å². The van der Waals surface area contributed by atoms with Gasteiger partial charge in [0, 0.05) is 37.8 Å². The monoisotopic (exact) mass is 396 g/mol. The number of pyridine rings is 1. The summed E-state index contributed by atoms with van der Waals surface area (Å²) in [6.45, 7) is 2.76. The summed E-state index contributed by atoms with van der Waals surface area (Å²) in [5.41, 5.74) is 0.974. The molecule has 26 heavy (non-hydrogen) atoms. The molecule has 6 nitrogen and oxygen atoms in total. The van der Waals surface area contributed by atoms with Crippen molar-refractivity contribution >= 4 is 29.4 Å². The molecule has 1 aromatic carbocycles. The van der Waals surface area contributed by atoms with Crippen molar-refractivity contribution in [1.29, 1.82) is 0 Å². The van der Waals surface area contributed by atoms with Gasteiger partial charge in [0.1, 0.15) is 0 Å². The number of rotatable bonds is 3. The van der Waals surface area contributed by atoms with Crippen molar-refractivity contribution in [2.24, 2.45) is 5.92 Å². The molecule has 0 radical (unpaired) electrons. The Hall–Kier alpha value is -1.95. The van der Waals surface area contributed by atoms with Gasteiger partial charge in [0.15, 0.2) is 0 Å². The lowest BCUT2D eigenvalue weighted by atomic mass is 9.95. The van der Waals surface area contributed by atoms with Crippen LogP contribution in [0.3, 0.4) is 0 Å². The first-order valence-corrected chi connectivity index (χ1v) is 8.74. The molecule has 0 amide bonds. The number of aromatic nitrogens is 1. The zero-order chi connectivity index (χ0) is 18.9. The highest BCUT2D eigenvalue weighted by molar-refractivity contribution is 6.42. The molecule has 8 heteroatoms. The number of ether oxygens (including phenoxy) is 1. The van der Waals surface area contributed by atoms with Crippen molar-refractivity contribution in [2.45, 2.75) is 12.6 Å². The third-order valence-electron chi connectivity index (χ3n) is 4.01. The minimum Gasteiger partial charge on any atom is -0.372 e. The first-order chi connectivity index (χ1) is 12.6. The summed E-state index contributed by atoms with van der Waals surface area (Å²) < 4.78 is 7.74. The second-order valence-electron chi connectivity index (χ2n) is 5.70. The molecule has 2 aromatic rings. The fourth-order valence-electron chi connectivity index (χ4n) is 2.87. The van der Waals surface area contributed by atoms with E-state index in [-0.39, 0.29) is 23.7 Å². The average molecular weight is 397 g/mol. The van der Waals surface area contributed by atoms with E-state index in [2.05, 4.69) is 5.32 Å². The Labute approximate surface area is 160 Å². The summed E-state index contributed by atoms with van der Waals surface area (Å²) >= 11 is 12.2. The SMILES string of the molecule is O=C=O.O=c1ccccn1C[C@@H]1CNCCOC1c1ccc(Cl)c(Cl)c1. The largest absolute Gasteiger partial charge is 0.373 e. The number of hydrogen-bond acceptors (Lipinski definition) is 5. The Balaban J connectivity index is 0.000000758. The zero-order valence-corrected chi connectivity index (χ0v) is 15.4. The van der Waals surface area contributed by atoms with E-state index in [1.165, 1.54) is 0 Å². The van der Waals surface area contributed by atoms with E-state index in [4.69, 9.17) is 37.5 Å². The molecule has 1 aliphatic heterocycles. The molecule has 2 atom stereocenters. The van der Waals surface area contributed by atoms with E-state index in [0.717, 1.165) is 18.7 Å². The molecule has 0 saturated carbocycles. The van der Waals surface area contributed by atoms with Crippen molar-refractivity contribution in [3.05, 3.63) is 68.6 Å². The number of carbonyl (C=O) groups excluding carboxylic acids is 2. The first-order valence-electron chi connectivity index (χ1n) is 7.99. The summed E-state index contributed by atoms with van der Waals surface area (Å²) in [6, 6.07) is 10.7. The van der Waals surface area contributed by atoms with Crippen LogP contribution >= 0.6 is 23.2 Å². The van der Waals surface area contributed by atoms with Crippen molar-refractivity contribution in [3.8, 4) is 0 Å². The van der Waals surface area contributed by atoms with Gasteiger partial charge in [0.25, 0.3) is 5.56 Å². The fraction of sp³-hybridized carbons (Fsp3) is 0.333. The molecule has 0 bridgehead atoms. The van der Waals surface area contributed by atoms with Gasteiger partial charge in [-0.25, -0.2) is 0 Å². The first kappa shape index (κ1) is 20.4. The number of halogens is 2. The van der Waals surface area contributed by atoms with Gasteiger partial charge in [-0.15, -0.1) is 0 Å². The summed E-state index contributed by atoms with van der Waals surface area (Å²) in [5, 5.41) is 4.40. The topological polar surface area (TPSA) is 77.4 Å². The fourth-order valence-corrected chi connectivity index (χ4v) is 3.18. The van der Waals surface area contributed by atoms with Crippen molar-refractivity contribution in [1.82, 2.24) is 9.88 Å². The van der Waals surface area contributed by atoms with Gasteiger partial charge < -0.3 is 14.6 Å². The van der Waals surface area contributed by atoms with Gasteiger partial charge >= 0.3 is 6.15 Å². The maximum Gasteiger partial charge on any atom is 0.373 e. The lowest BCUT2D eigenvalue weighted by Crippen LogP contribution is -2.31. The Morgan fingerprint density at radius 2 is 1.96 bits per heavy atom. The lowest BCUT2D eigenvalue weighted by Gasteiger charge is -2.26. The molecular weight excluding hydrogens is 379 g/mol. The predicted octanol–water partition coefficient (Wildman–Crippen LogP) is 2.55. The number of benzene rings is 1. The second-order valence-corrected chi connectivity index (χ2v) is 6.52. The van der Waals surface area contributed by atoms with E-state index >= 15 is 0 Å². The van der Waals surface area contributed by atoms with Crippen LogP contribution in [0.4, 0.5) is 0 Å². The molecule has 138 valence electrons. The summed E-state index contributed by atoms with van der Waals surface area (Å²) in [7, 11) is 0. The Morgan fingerprint density at radius 3 is 2.65 bits per heavy atom. The maximum atomic E-state index is 12.0. The molecule has 1 N–H and O–H groups in total. The Kier molecular flexibility index (Phi) is 8.04. The summed E-state index contributed by atoms with van der Waals surface area (Å²) in [4.78, 5) is 28.2. The third kappa shape index (κ3) is 5.53. The molecule has 0 spiro atoms.